The summed E-state index contributed by atoms with van der Waals surface area (Å²) in [7, 11) is 0. The van der Waals surface area contributed by atoms with Crippen LogP contribution in [0.3, 0.4) is 0 Å². The number of amides is 1. The lowest BCUT2D eigenvalue weighted by Crippen LogP contribution is -2.38. The van der Waals surface area contributed by atoms with Crippen molar-refractivity contribution in [2.24, 2.45) is 0 Å². The molecule has 0 unspecified atom stereocenters. The van der Waals surface area contributed by atoms with Gasteiger partial charge in [-0.3, -0.25) is 4.79 Å². The second-order valence-corrected chi connectivity index (χ2v) is 6.16. The van der Waals surface area contributed by atoms with E-state index in [1.807, 2.05) is 17.0 Å². The van der Waals surface area contributed by atoms with Gasteiger partial charge in [-0.1, -0.05) is 25.8 Å². The minimum absolute atomic E-state index is 0.196. The topological polar surface area (TPSA) is 32.3 Å². The normalized spacial score (nSPS) is 13.7. The van der Waals surface area contributed by atoms with Crippen molar-refractivity contribution < 1.29 is 4.79 Å². The molecule has 1 amide bonds. The van der Waals surface area contributed by atoms with Gasteiger partial charge >= 0.3 is 0 Å². The summed E-state index contributed by atoms with van der Waals surface area (Å²) in [5.74, 6) is 0.196. The van der Waals surface area contributed by atoms with Gasteiger partial charge in [0.2, 0.25) is 0 Å². The number of benzene rings is 1. The van der Waals surface area contributed by atoms with Crippen molar-refractivity contribution in [3.63, 3.8) is 0 Å². The molecule has 1 N–H and O–H groups in total. The van der Waals surface area contributed by atoms with E-state index in [1.54, 1.807) is 0 Å². The van der Waals surface area contributed by atoms with E-state index in [4.69, 9.17) is 0 Å². The van der Waals surface area contributed by atoms with Crippen molar-refractivity contribution in [1.29, 1.82) is 0 Å². The third-order valence-electron chi connectivity index (χ3n) is 4.21. The highest BCUT2D eigenvalue weighted by Gasteiger charge is 2.23. The van der Waals surface area contributed by atoms with Gasteiger partial charge in [0.05, 0.1) is 0 Å². The first kappa shape index (κ1) is 15.9. The van der Waals surface area contributed by atoms with Crippen LogP contribution < -0.4 is 5.32 Å². The van der Waals surface area contributed by atoms with Crippen LogP contribution in [-0.2, 0) is 6.42 Å². The molecule has 3 heteroatoms. The van der Waals surface area contributed by atoms with Gasteiger partial charge in [0.15, 0.2) is 0 Å². The van der Waals surface area contributed by atoms with Gasteiger partial charge in [0.1, 0.15) is 0 Å². The molecule has 116 valence electrons. The van der Waals surface area contributed by atoms with E-state index < -0.39 is 0 Å². The minimum Gasteiger partial charge on any atom is -0.385 e. The van der Waals surface area contributed by atoms with E-state index in [2.05, 4.69) is 32.2 Å². The fourth-order valence-corrected chi connectivity index (χ4v) is 2.99. The molecule has 0 fully saturated rings. The van der Waals surface area contributed by atoms with E-state index in [9.17, 15) is 4.79 Å². The summed E-state index contributed by atoms with van der Waals surface area (Å²) in [5.41, 5.74) is 3.24. The minimum atomic E-state index is 0.196. The number of nitrogens with zero attached hydrogens (tertiary/aromatic N) is 1. The highest BCUT2D eigenvalue weighted by atomic mass is 16.2. The molecule has 0 aromatic heterocycles. The number of fused-ring (bicyclic) bond motifs is 1. The van der Waals surface area contributed by atoms with Gasteiger partial charge in [0.25, 0.3) is 5.91 Å². The molecule has 1 aromatic carbocycles. The Bertz CT molecular complexity index is 482. The summed E-state index contributed by atoms with van der Waals surface area (Å²) >= 11 is 0. The third-order valence-corrected chi connectivity index (χ3v) is 4.21. The van der Waals surface area contributed by atoms with Crippen molar-refractivity contribution in [2.45, 2.75) is 58.9 Å². The third kappa shape index (κ3) is 3.78. The zero-order valence-corrected chi connectivity index (χ0v) is 13.6. The number of rotatable bonds is 6. The Hall–Kier alpha value is -1.51. The average molecular weight is 288 g/mol. The molecule has 0 spiro atoms. The molecule has 1 aliphatic rings. The largest absolute Gasteiger partial charge is 0.385 e. The van der Waals surface area contributed by atoms with Crippen LogP contribution in [0.5, 0.6) is 0 Å². The van der Waals surface area contributed by atoms with Crippen LogP contribution in [0.2, 0.25) is 0 Å². The molecule has 2 rings (SSSR count). The Labute approximate surface area is 128 Å². The highest BCUT2D eigenvalue weighted by Crippen LogP contribution is 2.26. The zero-order valence-electron chi connectivity index (χ0n) is 13.6. The highest BCUT2D eigenvalue weighted by molar-refractivity contribution is 5.97. The molecule has 0 bridgehead atoms. The second kappa shape index (κ2) is 7.48. The van der Waals surface area contributed by atoms with E-state index >= 15 is 0 Å². The average Bonchev–Trinajstić information content (AvgIpc) is 2.50. The molecule has 0 atom stereocenters. The lowest BCUT2D eigenvalue weighted by Gasteiger charge is -2.29. The van der Waals surface area contributed by atoms with Crippen molar-refractivity contribution in [2.75, 3.05) is 18.4 Å². The zero-order chi connectivity index (χ0) is 15.2. The fraction of sp³-hybridized carbons (Fsp3) is 0.611. The number of anilines is 1. The molecule has 1 aliphatic heterocycles. The first-order valence-corrected chi connectivity index (χ1v) is 8.32. The maximum absolute atomic E-state index is 13.0. The van der Waals surface area contributed by atoms with Gasteiger partial charge in [-0.05, 0) is 50.8 Å². The Morgan fingerprint density at radius 1 is 1.33 bits per heavy atom. The quantitative estimate of drug-likeness (QED) is 0.800. The van der Waals surface area contributed by atoms with Gasteiger partial charge in [0, 0.05) is 30.4 Å². The van der Waals surface area contributed by atoms with E-state index in [0.29, 0.717) is 0 Å². The number of carbonyl (C=O) groups is 1. The first-order chi connectivity index (χ1) is 10.1. The molecule has 0 saturated carbocycles. The molecule has 1 heterocycles. The summed E-state index contributed by atoms with van der Waals surface area (Å²) < 4.78 is 0. The predicted molar refractivity (Wildman–Crippen MR) is 89.0 cm³/mol. The monoisotopic (exact) mass is 288 g/mol. The summed E-state index contributed by atoms with van der Waals surface area (Å²) in [4.78, 5) is 15.0. The van der Waals surface area contributed by atoms with Crippen LogP contribution in [0.25, 0.3) is 0 Å². The summed E-state index contributed by atoms with van der Waals surface area (Å²) in [6.07, 6.45) is 5.57. The predicted octanol–water partition coefficient (Wildman–Crippen LogP) is 4.09. The Morgan fingerprint density at radius 3 is 2.86 bits per heavy atom. The van der Waals surface area contributed by atoms with Crippen molar-refractivity contribution in [1.82, 2.24) is 4.90 Å². The molecule has 3 nitrogen and oxygen atoms in total. The van der Waals surface area contributed by atoms with Gasteiger partial charge in [-0.2, -0.15) is 0 Å². The number of unbranched alkanes of at least 4 members (excludes halogenated alkanes) is 2. The van der Waals surface area contributed by atoms with Crippen LogP contribution in [0.15, 0.2) is 18.2 Å². The summed E-state index contributed by atoms with van der Waals surface area (Å²) in [5, 5.41) is 3.41. The number of carbonyl (C=O) groups excluding carboxylic acids is 1. The maximum Gasteiger partial charge on any atom is 0.254 e. The molecule has 0 radical (unpaired) electrons. The van der Waals surface area contributed by atoms with E-state index in [1.165, 1.54) is 18.4 Å². The molecular weight excluding hydrogens is 260 g/mol. The van der Waals surface area contributed by atoms with Crippen LogP contribution in [-0.4, -0.2) is 29.9 Å². The molecular formula is C18H28N2O. The molecule has 1 aromatic rings. The standard InChI is InChI=1S/C18H28N2O/c1-4-5-6-13-20(14(2)3)18(21)16-9-7-11-17-15(16)10-8-12-19-17/h7,9,11,14,19H,4-6,8,10,12-13H2,1-3H3. The molecule has 21 heavy (non-hydrogen) atoms. The summed E-state index contributed by atoms with van der Waals surface area (Å²) in [6.45, 7) is 8.28. The van der Waals surface area contributed by atoms with Gasteiger partial charge in [-0.15, -0.1) is 0 Å². The van der Waals surface area contributed by atoms with E-state index in [-0.39, 0.29) is 11.9 Å². The second-order valence-electron chi connectivity index (χ2n) is 6.16. The first-order valence-electron chi connectivity index (χ1n) is 8.32. The Kier molecular flexibility index (Phi) is 5.66. The van der Waals surface area contributed by atoms with Crippen LogP contribution in [0.1, 0.15) is 62.4 Å². The lowest BCUT2D eigenvalue weighted by atomic mass is 9.96. The number of nitrogens with one attached hydrogen (secondary N) is 1. The van der Waals surface area contributed by atoms with Gasteiger partial charge < -0.3 is 10.2 Å². The SMILES string of the molecule is CCCCCN(C(=O)c1cccc2c1CCCN2)C(C)C. The Morgan fingerprint density at radius 2 is 2.14 bits per heavy atom. The maximum atomic E-state index is 13.0. The van der Waals surface area contributed by atoms with Crippen LogP contribution in [0, 0.1) is 0 Å². The molecule has 0 aliphatic carbocycles. The van der Waals surface area contributed by atoms with Crippen LogP contribution >= 0.6 is 0 Å². The van der Waals surface area contributed by atoms with Crippen LogP contribution in [0.4, 0.5) is 5.69 Å². The number of hydrogen-bond acceptors (Lipinski definition) is 2. The fourth-order valence-electron chi connectivity index (χ4n) is 2.99. The Balaban J connectivity index is 2.20. The van der Waals surface area contributed by atoms with Gasteiger partial charge in [-0.25, -0.2) is 0 Å². The van der Waals surface area contributed by atoms with Crippen molar-refractivity contribution in [3.8, 4) is 0 Å². The molecule has 0 saturated heterocycles. The lowest BCUT2D eigenvalue weighted by molar-refractivity contribution is 0.0701. The number of hydrogen-bond donors (Lipinski definition) is 1. The van der Waals surface area contributed by atoms with Crippen molar-refractivity contribution in [3.05, 3.63) is 29.3 Å². The van der Waals surface area contributed by atoms with Crippen molar-refractivity contribution >= 4 is 11.6 Å². The summed E-state index contributed by atoms with van der Waals surface area (Å²) in [6, 6.07) is 6.32. The van der Waals surface area contributed by atoms with E-state index in [0.717, 1.165) is 43.6 Å². The smallest absolute Gasteiger partial charge is 0.254 e.